The highest BCUT2D eigenvalue weighted by Gasteiger charge is 2.26. The highest BCUT2D eigenvalue weighted by atomic mass is 16.6. The topological polar surface area (TPSA) is 60.0 Å². The molecule has 0 N–H and O–H groups in total. The van der Waals surface area contributed by atoms with Crippen molar-refractivity contribution in [1.29, 1.82) is 0 Å². The lowest BCUT2D eigenvalue weighted by Gasteiger charge is -2.33. The Labute approximate surface area is 153 Å². The summed E-state index contributed by atoms with van der Waals surface area (Å²) in [6.07, 6.45) is 3.37. The molecule has 2 aromatic rings. The van der Waals surface area contributed by atoms with E-state index in [2.05, 4.69) is 27.0 Å². The first-order valence-electron chi connectivity index (χ1n) is 8.91. The van der Waals surface area contributed by atoms with Gasteiger partial charge in [-0.2, -0.15) is 0 Å². The first-order chi connectivity index (χ1) is 12.7. The third-order valence-electron chi connectivity index (χ3n) is 4.60. The van der Waals surface area contributed by atoms with Crippen LogP contribution in [0.1, 0.15) is 17.4 Å². The number of ether oxygens (including phenoxy) is 3. The van der Waals surface area contributed by atoms with Gasteiger partial charge in [-0.1, -0.05) is 6.07 Å². The Balaban J connectivity index is 1.47. The van der Waals surface area contributed by atoms with Crippen LogP contribution < -0.4 is 14.4 Å². The van der Waals surface area contributed by atoms with Crippen LogP contribution in [0.3, 0.4) is 0 Å². The minimum Gasteiger partial charge on any atom is -0.486 e. The van der Waals surface area contributed by atoms with Gasteiger partial charge in [0.2, 0.25) is 0 Å². The first-order valence-corrected chi connectivity index (χ1v) is 8.91. The molecule has 0 spiro atoms. The van der Waals surface area contributed by atoms with Crippen molar-refractivity contribution in [1.82, 2.24) is 14.9 Å². The molecule has 7 heteroatoms. The molecule has 0 saturated carbocycles. The predicted octanol–water partition coefficient (Wildman–Crippen LogP) is 1.89. The largest absolute Gasteiger partial charge is 0.486 e. The number of hydrogen-bond donors (Lipinski definition) is 0. The molecule has 1 atom stereocenters. The summed E-state index contributed by atoms with van der Waals surface area (Å²) in [5.74, 6) is 2.52. The highest BCUT2D eigenvalue weighted by Crippen LogP contribution is 2.32. The summed E-state index contributed by atoms with van der Waals surface area (Å²) < 4.78 is 17.3. The van der Waals surface area contributed by atoms with Crippen LogP contribution >= 0.6 is 0 Å². The zero-order chi connectivity index (χ0) is 17.9. The number of nitrogens with zero attached hydrogens (tertiary/aromatic N) is 4. The second kappa shape index (κ2) is 7.47. The summed E-state index contributed by atoms with van der Waals surface area (Å²) >= 11 is 0. The van der Waals surface area contributed by atoms with Crippen LogP contribution in [0.5, 0.6) is 11.5 Å². The Morgan fingerprint density at radius 3 is 2.73 bits per heavy atom. The van der Waals surface area contributed by atoms with Crippen molar-refractivity contribution in [2.75, 3.05) is 51.9 Å². The average Bonchev–Trinajstić information content (AvgIpc) is 2.68. The van der Waals surface area contributed by atoms with E-state index in [1.54, 1.807) is 12.4 Å². The minimum absolute atomic E-state index is 0.0768. The molecule has 0 amide bonds. The maximum Gasteiger partial charge on any atom is 0.161 e. The second-order valence-corrected chi connectivity index (χ2v) is 6.73. The Hall–Kier alpha value is -2.38. The fourth-order valence-corrected chi connectivity index (χ4v) is 3.37. The van der Waals surface area contributed by atoms with E-state index < -0.39 is 0 Å². The van der Waals surface area contributed by atoms with Crippen LogP contribution in [0, 0.1) is 0 Å². The van der Waals surface area contributed by atoms with Crippen molar-refractivity contribution in [3.63, 3.8) is 0 Å². The monoisotopic (exact) mass is 356 g/mol. The fourth-order valence-electron chi connectivity index (χ4n) is 3.37. The van der Waals surface area contributed by atoms with E-state index in [0.717, 1.165) is 42.6 Å². The molecule has 0 bridgehead atoms. The van der Waals surface area contributed by atoms with Crippen LogP contribution in [-0.4, -0.2) is 61.9 Å². The molecule has 2 aliphatic rings. The molecule has 0 aliphatic carbocycles. The van der Waals surface area contributed by atoms with Crippen LogP contribution in [0.2, 0.25) is 0 Å². The van der Waals surface area contributed by atoms with Gasteiger partial charge in [-0.05, 0) is 17.7 Å². The summed E-state index contributed by atoms with van der Waals surface area (Å²) in [5, 5.41) is 0. The van der Waals surface area contributed by atoms with Gasteiger partial charge in [0, 0.05) is 46.1 Å². The highest BCUT2D eigenvalue weighted by molar-refractivity contribution is 5.44. The van der Waals surface area contributed by atoms with E-state index >= 15 is 0 Å². The van der Waals surface area contributed by atoms with Gasteiger partial charge in [0.05, 0.1) is 6.61 Å². The van der Waals surface area contributed by atoms with Gasteiger partial charge < -0.3 is 19.1 Å². The normalized spacial score (nSPS) is 20.0. The Morgan fingerprint density at radius 1 is 1.08 bits per heavy atom. The van der Waals surface area contributed by atoms with E-state index in [9.17, 15) is 0 Å². The molecule has 138 valence electrons. The third kappa shape index (κ3) is 3.59. The second-order valence-electron chi connectivity index (χ2n) is 6.73. The van der Waals surface area contributed by atoms with Gasteiger partial charge in [0.1, 0.15) is 25.0 Å². The molecule has 2 aliphatic heterocycles. The SMILES string of the molecule is CN(C)c1nccnc1[C@@H]1CN(Cc2ccc3c(c2)OCCO3)CCO1. The Morgan fingerprint density at radius 2 is 1.88 bits per heavy atom. The van der Waals surface area contributed by atoms with Crippen molar-refractivity contribution >= 4 is 5.82 Å². The summed E-state index contributed by atoms with van der Waals surface area (Å²) in [6, 6.07) is 6.17. The number of morpholine rings is 1. The van der Waals surface area contributed by atoms with Crippen molar-refractivity contribution < 1.29 is 14.2 Å². The Bertz CT molecular complexity index is 768. The maximum atomic E-state index is 6.00. The van der Waals surface area contributed by atoms with Gasteiger partial charge in [-0.15, -0.1) is 0 Å². The Kier molecular flexibility index (Phi) is 4.90. The third-order valence-corrected chi connectivity index (χ3v) is 4.60. The van der Waals surface area contributed by atoms with Gasteiger partial charge in [-0.25, -0.2) is 4.98 Å². The number of rotatable bonds is 4. The first kappa shape index (κ1) is 17.1. The zero-order valence-corrected chi connectivity index (χ0v) is 15.2. The molecule has 0 radical (unpaired) electrons. The molecule has 1 saturated heterocycles. The molecular weight excluding hydrogens is 332 g/mol. The van der Waals surface area contributed by atoms with Crippen LogP contribution in [0.25, 0.3) is 0 Å². The quantitative estimate of drug-likeness (QED) is 0.829. The fraction of sp³-hybridized carbons (Fsp3) is 0.474. The predicted molar refractivity (Wildman–Crippen MR) is 97.8 cm³/mol. The van der Waals surface area contributed by atoms with Gasteiger partial charge in [-0.3, -0.25) is 9.88 Å². The molecule has 1 aromatic carbocycles. The summed E-state index contributed by atoms with van der Waals surface area (Å²) in [4.78, 5) is 13.3. The molecule has 1 aromatic heterocycles. The standard InChI is InChI=1S/C19H24N4O3/c1-22(2)19-18(20-5-6-21-19)17-13-23(7-8-24-17)12-14-3-4-15-16(11-14)26-10-9-25-15/h3-6,11,17H,7-10,12-13H2,1-2H3/t17-/m0/s1. The van der Waals surface area contributed by atoms with E-state index in [0.29, 0.717) is 19.8 Å². The van der Waals surface area contributed by atoms with Gasteiger partial charge in [0.15, 0.2) is 17.3 Å². The molecule has 3 heterocycles. The van der Waals surface area contributed by atoms with E-state index in [1.807, 2.05) is 25.1 Å². The van der Waals surface area contributed by atoms with Crippen LogP contribution in [0.4, 0.5) is 5.82 Å². The smallest absolute Gasteiger partial charge is 0.161 e. The number of benzene rings is 1. The number of aromatic nitrogens is 2. The summed E-state index contributed by atoms with van der Waals surface area (Å²) in [5.41, 5.74) is 2.10. The number of hydrogen-bond acceptors (Lipinski definition) is 7. The van der Waals surface area contributed by atoms with Crippen LogP contribution in [-0.2, 0) is 11.3 Å². The average molecular weight is 356 g/mol. The maximum absolute atomic E-state index is 6.00. The summed E-state index contributed by atoms with van der Waals surface area (Å²) in [7, 11) is 3.95. The molecule has 1 fully saturated rings. The zero-order valence-electron chi connectivity index (χ0n) is 15.2. The van der Waals surface area contributed by atoms with E-state index in [-0.39, 0.29) is 6.10 Å². The lowest BCUT2D eigenvalue weighted by molar-refractivity contribution is -0.0348. The minimum atomic E-state index is -0.0768. The van der Waals surface area contributed by atoms with E-state index in [4.69, 9.17) is 14.2 Å². The molecular formula is C19H24N4O3. The van der Waals surface area contributed by atoms with Crippen LogP contribution in [0.15, 0.2) is 30.6 Å². The van der Waals surface area contributed by atoms with Crippen molar-refractivity contribution in [2.24, 2.45) is 0 Å². The molecule has 7 nitrogen and oxygen atoms in total. The molecule has 4 rings (SSSR count). The lowest BCUT2D eigenvalue weighted by atomic mass is 10.1. The van der Waals surface area contributed by atoms with Gasteiger partial charge >= 0.3 is 0 Å². The van der Waals surface area contributed by atoms with Crippen molar-refractivity contribution in [3.05, 3.63) is 41.9 Å². The summed E-state index contributed by atoms with van der Waals surface area (Å²) in [6.45, 7) is 4.42. The van der Waals surface area contributed by atoms with Crippen molar-refractivity contribution in [2.45, 2.75) is 12.6 Å². The molecule has 26 heavy (non-hydrogen) atoms. The molecule has 0 unspecified atom stereocenters. The van der Waals surface area contributed by atoms with E-state index in [1.165, 1.54) is 5.56 Å². The van der Waals surface area contributed by atoms with Gasteiger partial charge in [0.25, 0.3) is 0 Å². The van der Waals surface area contributed by atoms with Crippen molar-refractivity contribution in [3.8, 4) is 11.5 Å². The number of fused-ring (bicyclic) bond motifs is 1. The lowest BCUT2D eigenvalue weighted by Crippen LogP contribution is -2.38. The number of anilines is 1.